The molecule has 2 heterocycles. The molecule has 1 aromatic carbocycles. The largest absolute Gasteiger partial charge is 0.616 e. The molecule has 2 aromatic rings. The summed E-state index contributed by atoms with van der Waals surface area (Å²) in [7, 11) is 4.83. The molecular formula is C23H27FN4O6S. The number of halogens is 1. The van der Waals surface area contributed by atoms with E-state index in [9.17, 15) is 23.3 Å². The molecule has 2 unspecified atom stereocenters. The minimum atomic E-state index is -1.46. The maximum atomic E-state index is 14.8. The van der Waals surface area contributed by atoms with Gasteiger partial charge in [-0.1, -0.05) is 11.2 Å². The van der Waals surface area contributed by atoms with Crippen LogP contribution in [0.1, 0.15) is 39.4 Å². The van der Waals surface area contributed by atoms with Gasteiger partial charge in [0, 0.05) is 0 Å². The molecule has 0 radical (unpaired) electrons. The highest BCUT2D eigenvalue weighted by molar-refractivity contribution is 7.90. The van der Waals surface area contributed by atoms with E-state index >= 15 is 0 Å². The van der Waals surface area contributed by atoms with Crippen molar-refractivity contribution < 1.29 is 32.8 Å². The quantitative estimate of drug-likeness (QED) is 0.382. The van der Waals surface area contributed by atoms with Crippen molar-refractivity contribution in [3.05, 3.63) is 46.9 Å². The molecule has 0 saturated carbocycles. The zero-order chi connectivity index (χ0) is 25.9. The number of amides is 3. The number of carbonyl (C=O) groups is 3. The smallest absolute Gasteiger partial charge is 0.265 e. The summed E-state index contributed by atoms with van der Waals surface area (Å²) in [5.74, 6) is -2.73. The van der Waals surface area contributed by atoms with Crippen molar-refractivity contribution >= 4 is 34.6 Å². The number of nitrogens with zero attached hydrogens (tertiary/aromatic N) is 3. The van der Waals surface area contributed by atoms with Crippen LogP contribution in [-0.2, 0) is 16.0 Å². The van der Waals surface area contributed by atoms with E-state index in [0.29, 0.717) is 5.75 Å². The molecule has 35 heavy (non-hydrogen) atoms. The van der Waals surface area contributed by atoms with E-state index in [-0.39, 0.29) is 41.7 Å². The average molecular weight is 507 g/mol. The highest BCUT2D eigenvalue weighted by Gasteiger charge is 2.46. The molecule has 1 aliphatic rings. The lowest BCUT2D eigenvalue weighted by Crippen LogP contribution is -2.38. The summed E-state index contributed by atoms with van der Waals surface area (Å²) in [6.45, 7) is 2.06. The fourth-order valence-corrected chi connectivity index (χ4v) is 4.51. The molecule has 2 atom stereocenters. The lowest BCUT2D eigenvalue weighted by molar-refractivity contribution is -0.116. The second-order valence-electron chi connectivity index (χ2n) is 8.04. The number of aromatic nitrogens is 1. The molecular weight excluding hydrogens is 479 g/mol. The van der Waals surface area contributed by atoms with Crippen molar-refractivity contribution in [1.82, 2.24) is 14.8 Å². The minimum absolute atomic E-state index is 0.0168. The fraction of sp³-hybridized carbons (Fsp3) is 0.391. The van der Waals surface area contributed by atoms with Crippen LogP contribution >= 0.6 is 0 Å². The van der Waals surface area contributed by atoms with Crippen LogP contribution in [0.15, 0.2) is 24.3 Å². The summed E-state index contributed by atoms with van der Waals surface area (Å²) in [5.41, 5.74) is -0.476. The zero-order valence-electron chi connectivity index (χ0n) is 20.1. The molecule has 0 spiro atoms. The van der Waals surface area contributed by atoms with Gasteiger partial charge in [-0.05, 0) is 45.3 Å². The van der Waals surface area contributed by atoms with Crippen molar-refractivity contribution in [2.75, 3.05) is 51.7 Å². The van der Waals surface area contributed by atoms with Crippen molar-refractivity contribution in [1.29, 1.82) is 0 Å². The number of carbonyl (C=O) groups excluding carboxylic acids is 3. The van der Waals surface area contributed by atoms with Gasteiger partial charge >= 0.3 is 0 Å². The number of anilines is 1. The Morgan fingerprint density at radius 1 is 1.23 bits per heavy atom. The molecule has 10 nitrogen and oxygen atoms in total. The Hall–Kier alpha value is -3.22. The molecule has 188 valence electrons. The Morgan fingerprint density at radius 3 is 2.51 bits per heavy atom. The number of fused-ring (bicyclic) bond motifs is 1. The average Bonchev–Trinajstić information content (AvgIpc) is 3.05. The number of hydrogen-bond acceptors (Lipinski definition) is 8. The van der Waals surface area contributed by atoms with Crippen LogP contribution in [0.25, 0.3) is 0 Å². The van der Waals surface area contributed by atoms with E-state index in [1.807, 2.05) is 0 Å². The minimum Gasteiger partial charge on any atom is -0.616 e. The maximum Gasteiger partial charge on any atom is 0.265 e. The summed E-state index contributed by atoms with van der Waals surface area (Å²) in [5, 5.41) is 2.57. The van der Waals surface area contributed by atoms with Gasteiger partial charge in [-0.25, -0.2) is 9.37 Å². The highest BCUT2D eigenvalue weighted by Crippen LogP contribution is 2.38. The molecule has 0 aliphatic carbocycles. The maximum absolute atomic E-state index is 14.8. The molecule has 1 aliphatic heterocycles. The van der Waals surface area contributed by atoms with Crippen LogP contribution in [0.2, 0.25) is 0 Å². The highest BCUT2D eigenvalue weighted by atomic mass is 32.2. The third-order valence-electron chi connectivity index (χ3n) is 5.15. The third-order valence-corrected chi connectivity index (χ3v) is 5.93. The molecule has 0 fully saturated rings. The van der Waals surface area contributed by atoms with Crippen LogP contribution < -0.4 is 14.8 Å². The number of likely N-dealkylation sites (N-methyl/N-ethyl adjacent to an activating group) is 1. The second kappa shape index (κ2) is 11.0. The standard InChI is InChI=1S/C23H27FN4O6S/c1-6-34-21-17(33-4)10-9-14(26-21)16(12-35(5)32)28-22(30)19-13(24)7-8-15(20(19)23(28)31)25-18(29)11-27(2)3/h7-10,16H,6,11-12H2,1-5H3,(H,25,29). The monoisotopic (exact) mass is 506 g/mol. The van der Waals surface area contributed by atoms with E-state index in [1.165, 1.54) is 25.5 Å². The van der Waals surface area contributed by atoms with Gasteiger partial charge in [0.25, 0.3) is 17.7 Å². The summed E-state index contributed by atoms with van der Waals surface area (Å²) >= 11 is -1.46. The van der Waals surface area contributed by atoms with Gasteiger partial charge in [-0.3, -0.25) is 19.3 Å². The van der Waals surface area contributed by atoms with Crippen LogP contribution in [0.5, 0.6) is 11.6 Å². The third kappa shape index (κ3) is 5.55. The van der Waals surface area contributed by atoms with Gasteiger partial charge in [0.2, 0.25) is 5.91 Å². The molecule has 1 N–H and O–H groups in total. The molecule has 12 heteroatoms. The Morgan fingerprint density at radius 2 is 1.91 bits per heavy atom. The van der Waals surface area contributed by atoms with Gasteiger partial charge in [0.15, 0.2) is 5.75 Å². The van der Waals surface area contributed by atoms with Crippen molar-refractivity contribution in [3.63, 3.8) is 0 Å². The van der Waals surface area contributed by atoms with E-state index in [0.717, 1.165) is 11.0 Å². The number of rotatable bonds is 10. The number of ether oxygens (including phenoxy) is 2. The lowest BCUT2D eigenvalue weighted by Gasteiger charge is -2.26. The molecule has 3 amide bonds. The first-order valence-electron chi connectivity index (χ1n) is 10.7. The Labute approximate surface area is 205 Å². The number of nitrogens with one attached hydrogen (secondary N) is 1. The van der Waals surface area contributed by atoms with E-state index in [4.69, 9.17) is 9.47 Å². The second-order valence-corrected chi connectivity index (χ2v) is 9.52. The molecule has 1 aromatic heterocycles. The number of methoxy groups -OCH3 is 1. The van der Waals surface area contributed by atoms with Gasteiger partial charge < -0.3 is 24.2 Å². The van der Waals surface area contributed by atoms with Crippen LogP contribution in [0.3, 0.4) is 0 Å². The predicted octanol–water partition coefficient (Wildman–Crippen LogP) is 1.84. The van der Waals surface area contributed by atoms with E-state index in [2.05, 4.69) is 10.3 Å². The summed E-state index contributed by atoms with van der Waals surface area (Å²) < 4.78 is 37.7. The van der Waals surface area contributed by atoms with Crippen LogP contribution in [0.4, 0.5) is 10.1 Å². The number of benzene rings is 1. The normalized spacial score (nSPS) is 14.7. The van der Waals surface area contributed by atoms with E-state index in [1.54, 1.807) is 32.0 Å². The Balaban J connectivity index is 2.07. The number of imide groups is 1. The molecule has 3 rings (SSSR count). The summed E-state index contributed by atoms with van der Waals surface area (Å²) in [6, 6.07) is 4.26. The first kappa shape index (κ1) is 26.4. The Bertz CT molecular complexity index is 1140. The fourth-order valence-electron chi connectivity index (χ4n) is 3.74. The first-order chi connectivity index (χ1) is 16.6. The van der Waals surface area contributed by atoms with Gasteiger partial charge in [-0.15, -0.1) is 0 Å². The molecule has 0 bridgehead atoms. The van der Waals surface area contributed by atoms with Crippen LogP contribution in [0, 0.1) is 5.82 Å². The topological polar surface area (TPSA) is 124 Å². The number of hydrogen-bond donors (Lipinski definition) is 1. The van der Waals surface area contributed by atoms with Gasteiger partial charge in [0.1, 0.15) is 17.6 Å². The van der Waals surface area contributed by atoms with Gasteiger partial charge in [0.05, 0.1) is 49.0 Å². The molecule has 0 saturated heterocycles. The predicted molar refractivity (Wildman–Crippen MR) is 128 cm³/mol. The lowest BCUT2D eigenvalue weighted by atomic mass is 10.1. The van der Waals surface area contributed by atoms with Crippen molar-refractivity contribution in [2.45, 2.75) is 13.0 Å². The van der Waals surface area contributed by atoms with Crippen molar-refractivity contribution in [3.8, 4) is 11.6 Å². The van der Waals surface area contributed by atoms with E-state index < -0.39 is 46.3 Å². The van der Waals surface area contributed by atoms with Crippen LogP contribution in [-0.4, -0.2) is 83.4 Å². The first-order valence-corrected chi connectivity index (χ1v) is 12.4. The SMILES string of the molecule is CCOc1nc(C(C[S+](C)[O-])N2C(=O)c3c(F)ccc(NC(=O)CN(C)C)c3C2=O)ccc1OC. The zero-order valence-corrected chi connectivity index (χ0v) is 20.9. The summed E-state index contributed by atoms with van der Waals surface area (Å²) in [6.07, 6.45) is 1.42. The summed E-state index contributed by atoms with van der Waals surface area (Å²) in [4.78, 5) is 46.0. The number of pyridine rings is 1. The van der Waals surface area contributed by atoms with Crippen molar-refractivity contribution in [2.24, 2.45) is 0 Å². The Kier molecular flexibility index (Phi) is 8.30. The van der Waals surface area contributed by atoms with Gasteiger partial charge in [-0.2, -0.15) is 0 Å².